The lowest BCUT2D eigenvalue weighted by Crippen LogP contribution is -2.22. The molecule has 0 aliphatic carbocycles. The molecule has 0 bridgehead atoms. The van der Waals surface area contributed by atoms with Gasteiger partial charge in [0.25, 0.3) is 0 Å². The summed E-state index contributed by atoms with van der Waals surface area (Å²) in [4.78, 5) is 12.1. The minimum Gasteiger partial charge on any atom is -0.487 e. The fourth-order valence-corrected chi connectivity index (χ4v) is 2.13. The van der Waals surface area contributed by atoms with Crippen molar-refractivity contribution >= 4 is 40.5 Å². The van der Waals surface area contributed by atoms with Gasteiger partial charge in [-0.3, -0.25) is 4.79 Å². The summed E-state index contributed by atoms with van der Waals surface area (Å²) >= 11 is 11.8. The molecule has 2 aromatic carbocycles. The first kappa shape index (κ1) is 17.2. The molecular formula is C17H16Cl2N2O2. The van der Waals surface area contributed by atoms with Crippen LogP contribution in [-0.4, -0.2) is 19.1 Å². The number of carbonyl (C=O) groups excluding carboxylic acids is 1. The van der Waals surface area contributed by atoms with Crippen LogP contribution >= 0.6 is 23.2 Å². The Bertz CT molecular complexity index is 705. The molecule has 0 aliphatic rings. The summed E-state index contributed by atoms with van der Waals surface area (Å²) in [6.07, 6.45) is 1.64. The lowest BCUT2D eigenvalue weighted by atomic mass is 10.3. The van der Waals surface area contributed by atoms with Crippen LogP contribution in [0.2, 0.25) is 10.0 Å². The zero-order valence-electron chi connectivity index (χ0n) is 12.3. The summed E-state index contributed by atoms with van der Waals surface area (Å²) in [5, 5.41) is 6.68. The minimum atomic E-state index is -0.203. The molecule has 0 aromatic heterocycles. The van der Waals surface area contributed by atoms with Gasteiger partial charge in [0, 0.05) is 5.69 Å². The number of halogens is 2. The van der Waals surface area contributed by atoms with Crippen LogP contribution in [0.4, 0.5) is 11.4 Å². The van der Waals surface area contributed by atoms with Crippen LogP contribution in [0, 0.1) is 0 Å². The molecule has 120 valence electrons. The fourth-order valence-electron chi connectivity index (χ4n) is 1.83. The van der Waals surface area contributed by atoms with Gasteiger partial charge in [-0.05, 0) is 30.3 Å². The molecule has 0 atom stereocenters. The molecular weight excluding hydrogens is 335 g/mol. The Kier molecular flexibility index (Phi) is 6.32. The monoisotopic (exact) mass is 350 g/mol. The second kappa shape index (κ2) is 8.46. The zero-order chi connectivity index (χ0) is 16.7. The van der Waals surface area contributed by atoms with Crippen LogP contribution in [0.5, 0.6) is 5.75 Å². The number of anilines is 2. The third-order valence-corrected chi connectivity index (χ3v) is 3.63. The maximum Gasteiger partial charge on any atom is 0.243 e. The first-order valence-electron chi connectivity index (χ1n) is 6.91. The summed E-state index contributed by atoms with van der Waals surface area (Å²) < 4.78 is 5.49. The van der Waals surface area contributed by atoms with E-state index in [-0.39, 0.29) is 12.5 Å². The van der Waals surface area contributed by atoms with Crippen molar-refractivity contribution in [2.45, 2.75) is 0 Å². The smallest absolute Gasteiger partial charge is 0.243 e. The van der Waals surface area contributed by atoms with E-state index in [1.165, 1.54) is 0 Å². The highest BCUT2D eigenvalue weighted by atomic mass is 35.5. The van der Waals surface area contributed by atoms with Gasteiger partial charge in [0.15, 0.2) is 0 Å². The van der Waals surface area contributed by atoms with Gasteiger partial charge in [-0.25, -0.2) is 0 Å². The number of ether oxygens (including phenoxy) is 1. The van der Waals surface area contributed by atoms with E-state index in [0.717, 1.165) is 0 Å². The molecule has 0 spiro atoms. The quantitative estimate of drug-likeness (QED) is 0.717. The SMILES string of the molecule is C=CCOc1ccccc1NC(=O)CNc1ccc(Cl)c(Cl)c1. The Hall–Kier alpha value is -2.17. The lowest BCUT2D eigenvalue weighted by Gasteiger charge is -2.12. The highest BCUT2D eigenvalue weighted by Crippen LogP contribution is 2.25. The van der Waals surface area contributed by atoms with Crippen molar-refractivity contribution in [3.05, 3.63) is 65.2 Å². The number of nitrogens with one attached hydrogen (secondary N) is 2. The van der Waals surface area contributed by atoms with E-state index in [9.17, 15) is 4.79 Å². The molecule has 0 unspecified atom stereocenters. The number of rotatable bonds is 7. The number of hydrogen-bond donors (Lipinski definition) is 2. The molecule has 0 saturated carbocycles. The number of amides is 1. The van der Waals surface area contributed by atoms with Crippen LogP contribution in [-0.2, 0) is 4.79 Å². The van der Waals surface area contributed by atoms with E-state index in [2.05, 4.69) is 17.2 Å². The van der Waals surface area contributed by atoms with Crippen molar-refractivity contribution in [1.82, 2.24) is 0 Å². The second-order valence-corrected chi connectivity index (χ2v) is 5.44. The van der Waals surface area contributed by atoms with Crippen LogP contribution in [0.15, 0.2) is 55.1 Å². The Labute approximate surface area is 145 Å². The van der Waals surface area contributed by atoms with Crippen molar-refractivity contribution in [1.29, 1.82) is 0 Å². The molecule has 0 radical (unpaired) electrons. The first-order valence-corrected chi connectivity index (χ1v) is 7.67. The van der Waals surface area contributed by atoms with Gasteiger partial charge in [0.05, 0.1) is 22.3 Å². The second-order valence-electron chi connectivity index (χ2n) is 4.63. The molecule has 1 amide bonds. The fraction of sp³-hybridized carbons (Fsp3) is 0.118. The average molecular weight is 351 g/mol. The van der Waals surface area contributed by atoms with E-state index in [4.69, 9.17) is 27.9 Å². The van der Waals surface area contributed by atoms with Crippen LogP contribution < -0.4 is 15.4 Å². The number of hydrogen-bond acceptors (Lipinski definition) is 3. The molecule has 2 aromatic rings. The Balaban J connectivity index is 1.94. The molecule has 0 fully saturated rings. The highest BCUT2D eigenvalue weighted by molar-refractivity contribution is 6.42. The van der Waals surface area contributed by atoms with Gasteiger partial charge in [0.2, 0.25) is 5.91 Å². The summed E-state index contributed by atoms with van der Waals surface area (Å²) in [5.41, 5.74) is 1.32. The topological polar surface area (TPSA) is 50.4 Å². The maximum atomic E-state index is 12.1. The van der Waals surface area contributed by atoms with Crippen molar-refractivity contribution < 1.29 is 9.53 Å². The summed E-state index contributed by atoms with van der Waals surface area (Å²) in [7, 11) is 0. The highest BCUT2D eigenvalue weighted by Gasteiger charge is 2.07. The van der Waals surface area contributed by atoms with Crippen molar-refractivity contribution in [3.63, 3.8) is 0 Å². The Morgan fingerprint density at radius 3 is 2.70 bits per heavy atom. The van der Waals surface area contributed by atoms with Gasteiger partial charge >= 0.3 is 0 Å². The van der Waals surface area contributed by atoms with E-state index >= 15 is 0 Å². The van der Waals surface area contributed by atoms with Gasteiger partial charge in [-0.2, -0.15) is 0 Å². The third-order valence-electron chi connectivity index (χ3n) is 2.89. The van der Waals surface area contributed by atoms with E-state index in [1.54, 1.807) is 36.4 Å². The normalized spacial score (nSPS) is 10.0. The van der Waals surface area contributed by atoms with Crippen molar-refractivity contribution in [2.75, 3.05) is 23.8 Å². The molecule has 2 N–H and O–H groups in total. The molecule has 6 heteroatoms. The van der Waals surface area contributed by atoms with E-state index < -0.39 is 0 Å². The average Bonchev–Trinajstić information content (AvgIpc) is 2.55. The van der Waals surface area contributed by atoms with Gasteiger partial charge < -0.3 is 15.4 Å². The van der Waals surface area contributed by atoms with E-state index in [1.807, 2.05) is 12.1 Å². The standard InChI is InChI=1S/C17H16Cl2N2O2/c1-2-9-23-16-6-4-3-5-15(16)21-17(22)11-20-12-7-8-13(18)14(19)10-12/h2-8,10,20H,1,9,11H2,(H,21,22). The van der Waals surface area contributed by atoms with Gasteiger partial charge in [-0.15, -0.1) is 0 Å². The molecule has 2 rings (SSSR count). The van der Waals surface area contributed by atoms with E-state index in [0.29, 0.717) is 33.8 Å². The lowest BCUT2D eigenvalue weighted by molar-refractivity contribution is -0.114. The molecule has 0 aliphatic heterocycles. The van der Waals surface area contributed by atoms with Crippen LogP contribution in [0.3, 0.4) is 0 Å². The van der Waals surface area contributed by atoms with Crippen molar-refractivity contribution in [3.8, 4) is 5.75 Å². The van der Waals surface area contributed by atoms with Crippen molar-refractivity contribution in [2.24, 2.45) is 0 Å². The van der Waals surface area contributed by atoms with Crippen LogP contribution in [0.1, 0.15) is 0 Å². The zero-order valence-corrected chi connectivity index (χ0v) is 13.8. The summed E-state index contributed by atoms with van der Waals surface area (Å²) in [6.45, 7) is 4.06. The Morgan fingerprint density at radius 1 is 1.17 bits per heavy atom. The molecule has 23 heavy (non-hydrogen) atoms. The Morgan fingerprint density at radius 2 is 1.96 bits per heavy atom. The number of para-hydroxylation sites is 2. The predicted octanol–water partition coefficient (Wildman–Crippen LogP) is 4.61. The van der Waals surface area contributed by atoms with Gasteiger partial charge in [0.1, 0.15) is 12.4 Å². The first-order chi connectivity index (χ1) is 11.1. The summed E-state index contributed by atoms with van der Waals surface area (Å²) in [5.74, 6) is 0.390. The number of benzene rings is 2. The molecule has 4 nitrogen and oxygen atoms in total. The minimum absolute atomic E-state index is 0.0910. The maximum absolute atomic E-state index is 12.1. The molecule has 0 saturated heterocycles. The predicted molar refractivity (Wildman–Crippen MR) is 95.7 cm³/mol. The van der Waals surface area contributed by atoms with Gasteiger partial charge in [-0.1, -0.05) is 48.0 Å². The largest absolute Gasteiger partial charge is 0.487 e. The van der Waals surface area contributed by atoms with Crippen LogP contribution in [0.25, 0.3) is 0 Å². The summed E-state index contributed by atoms with van der Waals surface area (Å²) in [6, 6.07) is 12.3. The molecule has 0 heterocycles. The third kappa shape index (κ3) is 5.20. The number of carbonyl (C=O) groups is 1.